The summed E-state index contributed by atoms with van der Waals surface area (Å²) in [5.41, 5.74) is 1.79. The first-order chi connectivity index (χ1) is 17.0. The van der Waals surface area contributed by atoms with E-state index in [-0.39, 0.29) is 30.2 Å². The average molecular weight is 477 g/mol. The number of benzene rings is 3. The lowest BCUT2D eigenvalue weighted by Gasteiger charge is -2.24. The van der Waals surface area contributed by atoms with Gasteiger partial charge in [-0.3, -0.25) is 9.59 Å². The van der Waals surface area contributed by atoms with Crippen LogP contribution >= 0.6 is 0 Å². The number of ether oxygens (including phenoxy) is 2. The van der Waals surface area contributed by atoms with Gasteiger partial charge in [-0.25, -0.2) is 4.39 Å². The summed E-state index contributed by atoms with van der Waals surface area (Å²) in [6.07, 6.45) is 1.39. The molecular formula is C28H29FN2O4. The van der Waals surface area contributed by atoms with Gasteiger partial charge in [0, 0.05) is 18.8 Å². The van der Waals surface area contributed by atoms with E-state index in [0.717, 1.165) is 6.42 Å². The Morgan fingerprint density at radius 1 is 0.971 bits per heavy atom. The maximum absolute atomic E-state index is 13.2. The molecule has 2 amide bonds. The van der Waals surface area contributed by atoms with E-state index in [4.69, 9.17) is 9.47 Å². The van der Waals surface area contributed by atoms with Crippen LogP contribution < -0.4 is 10.1 Å². The Balaban J connectivity index is 1.41. The summed E-state index contributed by atoms with van der Waals surface area (Å²) in [6.45, 7) is 2.76. The molecule has 1 aliphatic heterocycles. The first-order valence-electron chi connectivity index (χ1n) is 11.8. The van der Waals surface area contributed by atoms with Gasteiger partial charge in [-0.1, -0.05) is 30.3 Å². The number of likely N-dealkylation sites (tertiary alicyclic amines) is 1. The Bertz CT molecular complexity index is 1120. The highest BCUT2D eigenvalue weighted by atomic mass is 19.1. The van der Waals surface area contributed by atoms with E-state index in [2.05, 4.69) is 17.4 Å². The van der Waals surface area contributed by atoms with Crippen LogP contribution in [0.15, 0.2) is 78.9 Å². The molecule has 0 bridgehead atoms. The van der Waals surface area contributed by atoms with Crippen molar-refractivity contribution >= 4 is 17.5 Å². The molecule has 0 spiro atoms. The quantitative estimate of drug-likeness (QED) is 0.469. The van der Waals surface area contributed by atoms with E-state index in [0.29, 0.717) is 36.8 Å². The molecule has 1 heterocycles. The second-order valence-corrected chi connectivity index (χ2v) is 8.56. The smallest absolute Gasteiger partial charge is 0.249 e. The number of hydrogen-bond donors (Lipinski definition) is 1. The molecule has 2 atom stereocenters. The van der Waals surface area contributed by atoms with Gasteiger partial charge in [0.05, 0.1) is 0 Å². The first-order valence-corrected chi connectivity index (χ1v) is 11.8. The summed E-state index contributed by atoms with van der Waals surface area (Å²) in [6, 6.07) is 22.2. The Morgan fingerprint density at radius 3 is 2.29 bits per heavy atom. The fraction of sp³-hybridized carbons (Fsp3) is 0.286. The third kappa shape index (κ3) is 6.67. The average Bonchev–Trinajstić information content (AvgIpc) is 3.30. The molecule has 0 radical (unpaired) electrons. The lowest BCUT2D eigenvalue weighted by molar-refractivity contribution is -0.140. The van der Waals surface area contributed by atoms with Gasteiger partial charge in [-0.05, 0) is 79.8 Å². The van der Waals surface area contributed by atoms with Gasteiger partial charge in [0.1, 0.15) is 30.0 Å². The molecule has 1 N–H and O–H groups in total. The molecular weight excluding hydrogens is 447 g/mol. The van der Waals surface area contributed by atoms with Crippen molar-refractivity contribution in [3.8, 4) is 11.5 Å². The summed E-state index contributed by atoms with van der Waals surface area (Å²) >= 11 is 0. The number of carbonyl (C=O) groups excluding carboxylic acids is 2. The Labute approximate surface area is 204 Å². The highest BCUT2D eigenvalue weighted by Gasteiger charge is 2.39. The minimum atomic E-state index is -0.563. The molecule has 1 aliphatic rings. The number of nitrogens with one attached hydrogen (secondary N) is 1. The van der Waals surface area contributed by atoms with Crippen LogP contribution in [0.2, 0.25) is 0 Å². The topological polar surface area (TPSA) is 67.9 Å². The number of anilines is 1. The number of hydrogen-bond acceptors (Lipinski definition) is 4. The van der Waals surface area contributed by atoms with Crippen LogP contribution in [0.25, 0.3) is 0 Å². The highest BCUT2D eigenvalue weighted by Crippen LogP contribution is 2.28. The van der Waals surface area contributed by atoms with Crippen molar-refractivity contribution < 1.29 is 23.5 Å². The summed E-state index contributed by atoms with van der Waals surface area (Å²) in [4.78, 5) is 27.6. The van der Waals surface area contributed by atoms with E-state index < -0.39 is 6.04 Å². The third-order valence-corrected chi connectivity index (χ3v) is 5.98. The molecule has 1 saturated heterocycles. The molecule has 35 heavy (non-hydrogen) atoms. The largest absolute Gasteiger partial charge is 0.457 e. The second-order valence-electron chi connectivity index (χ2n) is 8.56. The standard InChI is InChI=1S/C28H29FN2O4/c1-2-34-19-27(32)31-18-21(16-20-6-4-3-5-7-20)17-26(31)28(33)30-23-10-14-25(15-11-23)35-24-12-8-22(29)9-13-24/h3-15,21,26H,2,16-19H2,1H3,(H,30,33)/t21-,26+/m1/s1. The summed E-state index contributed by atoms with van der Waals surface area (Å²) in [5, 5.41) is 2.93. The maximum atomic E-state index is 13.2. The maximum Gasteiger partial charge on any atom is 0.249 e. The van der Waals surface area contributed by atoms with Gasteiger partial charge >= 0.3 is 0 Å². The number of halogens is 1. The van der Waals surface area contributed by atoms with Crippen molar-refractivity contribution in [2.75, 3.05) is 25.1 Å². The first kappa shape index (κ1) is 24.4. The summed E-state index contributed by atoms with van der Waals surface area (Å²) in [5.74, 6) is 0.532. The molecule has 3 aromatic carbocycles. The van der Waals surface area contributed by atoms with Gasteiger partial charge < -0.3 is 19.7 Å². The Kier molecular flexibility index (Phi) is 8.11. The molecule has 4 rings (SSSR count). The number of rotatable bonds is 9. The molecule has 0 aromatic heterocycles. The van der Waals surface area contributed by atoms with E-state index in [1.807, 2.05) is 25.1 Å². The zero-order valence-corrected chi connectivity index (χ0v) is 19.7. The van der Waals surface area contributed by atoms with Crippen molar-refractivity contribution in [2.45, 2.75) is 25.8 Å². The predicted molar refractivity (Wildman–Crippen MR) is 132 cm³/mol. The van der Waals surface area contributed by atoms with Crippen molar-refractivity contribution in [1.82, 2.24) is 4.90 Å². The Hall–Kier alpha value is -3.71. The predicted octanol–water partition coefficient (Wildman–Crippen LogP) is 5.05. The van der Waals surface area contributed by atoms with Crippen LogP contribution in [0.4, 0.5) is 10.1 Å². The van der Waals surface area contributed by atoms with Crippen LogP contribution in [0.5, 0.6) is 11.5 Å². The number of carbonyl (C=O) groups is 2. The Morgan fingerprint density at radius 2 is 1.63 bits per heavy atom. The lowest BCUT2D eigenvalue weighted by Crippen LogP contribution is -2.44. The summed E-state index contributed by atoms with van der Waals surface area (Å²) < 4.78 is 24.1. The van der Waals surface area contributed by atoms with Crippen molar-refractivity contribution in [3.63, 3.8) is 0 Å². The van der Waals surface area contributed by atoms with Crippen LogP contribution in [-0.4, -0.2) is 42.5 Å². The summed E-state index contributed by atoms with van der Waals surface area (Å²) in [7, 11) is 0. The molecule has 6 nitrogen and oxygen atoms in total. The molecule has 3 aromatic rings. The van der Waals surface area contributed by atoms with Crippen molar-refractivity contribution in [1.29, 1.82) is 0 Å². The normalized spacial score (nSPS) is 17.3. The van der Waals surface area contributed by atoms with Crippen molar-refractivity contribution in [2.24, 2.45) is 5.92 Å². The van der Waals surface area contributed by atoms with Crippen LogP contribution in [-0.2, 0) is 20.7 Å². The van der Waals surface area contributed by atoms with E-state index in [1.54, 1.807) is 41.3 Å². The van der Waals surface area contributed by atoms with E-state index in [1.165, 1.54) is 17.7 Å². The molecule has 0 unspecified atom stereocenters. The second kappa shape index (κ2) is 11.6. The van der Waals surface area contributed by atoms with E-state index >= 15 is 0 Å². The zero-order valence-electron chi connectivity index (χ0n) is 19.7. The third-order valence-electron chi connectivity index (χ3n) is 5.98. The van der Waals surface area contributed by atoms with Gasteiger partial charge in [0.25, 0.3) is 0 Å². The van der Waals surface area contributed by atoms with Crippen LogP contribution in [0.1, 0.15) is 18.9 Å². The van der Waals surface area contributed by atoms with Crippen LogP contribution in [0, 0.1) is 11.7 Å². The molecule has 1 fully saturated rings. The lowest BCUT2D eigenvalue weighted by atomic mass is 9.96. The fourth-order valence-corrected chi connectivity index (χ4v) is 4.29. The highest BCUT2D eigenvalue weighted by molar-refractivity contribution is 5.97. The molecule has 7 heteroatoms. The fourth-order valence-electron chi connectivity index (χ4n) is 4.29. The van der Waals surface area contributed by atoms with Gasteiger partial charge in [-0.2, -0.15) is 0 Å². The molecule has 182 valence electrons. The van der Waals surface area contributed by atoms with Gasteiger partial charge in [0.15, 0.2) is 0 Å². The zero-order chi connectivity index (χ0) is 24.6. The van der Waals surface area contributed by atoms with E-state index in [9.17, 15) is 14.0 Å². The SMILES string of the molecule is CCOCC(=O)N1C[C@H](Cc2ccccc2)C[C@H]1C(=O)Nc1ccc(Oc2ccc(F)cc2)cc1. The monoisotopic (exact) mass is 476 g/mol. The number of nitrogens with zero attached hydrogens (tertiary/aromatic N) is 1. The van der Waals surface area contributed by atoms with Gasteiger partial charge in [0.2, 0.25) is 11.8 Å². The van der Waals surface area contributed by atoms with Gasteiger partial charge in [-0.15, -0.1) is 0 Å². The number of amides is 2. The molecule has 0 saturated carbocycles. The minimum absolute atomic E-state index is 0.0340. The minimum Gasteiger partial charge on any atom is -0.457 e. The molecule has 0 aliphatic carbocycles. The van der Waals surface area contributed by atoms with Crippen molar-refractivity contribution in [3.05, 3.63) is 90.2 Å². The van der Waals surface area contributed by atoms with Crippen LogP contribution in [0.3, 0.4) is 0 Å².